The van der Waals surface area contributed by atoms with Crippen molar-refractivity contribution in [1.82, 2.24) is 14.5 Å². The van der Waals surface area contributed by atoms with E-state index in [1.165, 1.54) is 0 Å². The van der Waals surface area contributed by atoms with Crippen molar-refractivity contribution in [1.29, 1.82) is 5.26 Å². The molecule has 7 heteroatoms. The summed E-state index contributed by atoms with van der Waals surface area (Å²) >= 11 is 1.55. The lowest BCUT2D eigenvalue weighted by Gasteiger charge is -2.18. The van der Waals surface area contributed by atoms with E-state index in [1.54, 1.807) is 22.5 Å². The van der Waals surface area contributed by atoms with Crippen LogP contribution in [-0.2, 0) is 6.54 Å². The molecule has 1 aliphatic heterocycles. The molecule has 2 aromatic heterocycles. The maximum Gasteiger partial charge on any atom is 0.272 e. The number of aromatic nitrogens is 3. The van der Waals surface area contributed by atoms with Crippen molar-refractivity contribution in [2.45, 2.75) is 18.1 Å². The number of pyridine rings is 1. The lowest BCUT2D eigenvalue weighted by atomic mass is 10.1. The topological polar surface area (TPSA) is 74.8 Å². The molecule has 112 valence electrons. The predicted octanol–water partition coefficient (Wildman–Crippen LogP) is 1.74. The van der Waals surface area contributed by atoms with Crippen LogP contribution in [0.5, 0.6) is 0 Å². The Labute approximate surface area is 132 Å². The van der Waals surface area contributed by atoms with E-state index in [4.69, 9.17) is 0 Å². The van der Waals surface area contributed by atoms with Gasteiger partial charge in [-0.3, -0.25) is 9.36 Å². The number of thioether (sulfide) groups is 1. The van der Waals surface area contributed by atoms with Gasteiger partial charge < -0.3 is 4.90 Å². The van der Waals surface area contributed by atoms with Crippen LogP contribution in [0.25, 0.3) is 11.3 Å². The minimum absolute atomic E-state index is 0.0886. The zero-order valence-electron chi connectivity index (χ0n) is 12.4. The first-order valence-corrected chi connectivity index (χ1v) is 7.92. The highest BCUT2D eigenvalue weighted by atomic mass is 32.2. The molecule has 0 aromatic carbocycles. The van der Waals surface area contributed by atoms with Gasteiger partial charge in [0.15, 0.2) is 5.16 Å². The van der Waals surface area contributed by atoms with Crippen molar-refractivity contribution in [2.75, 3.05) is 24.7 Å². The van der Waals surface area contributed by atoms with Crippen LogP contribution >= 0.6 is 11.8 Å². The standard InChI is InChI=1S/C15H15N5OS/c1-19(2)12-5-4-10(9-17-12)13-11(8-16)14(21)20-6-3-7-22-15(20)18-13/h4-5,9H,3,6-7H2,1-2H3. The third-order valence-electron chi connectivity index (χ3n) is 3.48. The van der Waals surface area contributed by atoms with Crippen LogP contribution in [0.3, 0.4) is 0 Å². The fraction of sp³-hybridized carbons (Fsp3) is 0.333. The van der Waals surface area contributed by atoms with Crippen molar-refractivity contribution in [3.63, 3.8) is 0 Å². The minimum atomic E-state index is -0.258. The lowest BCUT2D eigenvalue weighted by Crippen LogP contribution is -2.28. The molecule has 3 heterocycles. The molecule has 22 heavy (non-hydrogen) atoms. The summed E-state index contributed by atoms with van der Waals surface area (Å²) in [6.07, 6.45) is 2.57. The monoisotopic (exact) mass is 313 g/mol. The van der Waals surface area contributed by atoms with E-state index < -0.39 is 0 Å². The Balaban J connectivity index is 2.16. The predicted molar refractivity (Wildman–Crippen MR) is 86.1 cm³/mol. The number of hydrogen-bond donors (Lipinski definition) is 0. The summed E-state index contributed by atoms with van der Waals surface area (Å²) < 4.78 is 1.60. The van der Waals surface area contributed by atoms with Gasteiger partial charge in [0.1, 0.15) is 17.5 Å². The van der Waals surface area contributed by atoms with Gasteiger partial charge in [0.05, 0.1) is 5.69 Å². The lowest BCUT2D eigenvalue weighted by molar-refractivity contribution is 0.562. The normalized spacial score (nSPS) is 13.3. The number of fused-ring (bicyclic) bond motifs is 1. The number of anilines is 1. The van der Waals surface area contributed by atoms with E-state index in [2.05, 4.69) is 9.97 Å². The Kier molecular flexibility index (Phi) is 3.86. The van der Waals surface area contributed by atoms with Crippen LogP contribution in [0.1, 0.15) is 12.0 Å². The summed E-state index contributed by atoms with van der Waals surface area (Å²) in [6.45, 7) is 0.626. The summed E-state index contributed by atoms with van der Waals surface area (Å²) in [6, 6.07) is 5.70. The maximum absolute atomic E-state index is 12.5. The van der Waals surface area contributed by atoms with Crippen LogP contribution in [0.2, 0.25) is 0 Å². The van der Waals surface area contributed by atoms with E-state index in [0.29, 0.717) is 23.0 Å². The second kappa shape index (κ2) is 5.81. The molecule has 0 unspecified atom stereocenters. The van der Waals surface area contributed by atoms with Gasteiger partial charge in [-0.15, -0.1) is 0 Å². The number of nitriles is 1. The van der Waals surface area contributed by atoms with Crippen molar-refractivity contribution in [3.8, 4) is 17.3 Å². The van der Waals surface area contributed by atoms with Gasteiger partial charge in [-0.1, -0.05) is 11.8 Å². The number of nitrogens with zero attached hydrogens (tertiary/aromatic N) is 5. The molecule has 0 saturated carbocycles. The van der Waals surface area contributed by atoms with Gasteiger partial charge in [-0.2, -0.15) is 5.26 Å². The van der Waals surface area contributed by atoms with E-state index in [0.717, 1.165) is 18.0 Å². The number of rotatable bonds is 2. The molecule has 0 atom stereocenters. The molecule has 0 aliphatic carbocycles. The number of hydrogen-bond acceptors (Lipinski definition) is 6. The third kappa shape index (κ3) is 2.46. The zero-order chi connectivity index (χ0) is 15.7. The molecule has 0 fully saturated rings. The van der Waals surface area contributed by atoms with Gasteiger partial charge in [0.25, 0.3) is 5.56 Å². The molecule has 0 radical (unpaired) electrons. The maximum atomic E-state index is 12.5. The van der Waals surface area contributed by atoms with Crippen molar-refractivity contribution in [2.24, 2.45) is 0 Å². The Bertz CT molecular complexity index is 804. The fourth-order valence-electron chi connectivity index (χ4n) is 2.33. The highest BCUT2D eigenvalue weighted by Crippen LogP contribution is 2.26. The van der Waals surface area contributed by atoms with Gasteiger partial charge >= 0.3 is 0 Å². The summed E-state index contributed by atoms with van der Waals surface area (Å²) in [5.74, 6) is 1.75. The molecule has 2 aromatic rings. The van der Waals surface area contributed by atoms with Crippen LogP contribution in [0, 0.1) is 11.3 Å². The Morgan fingerprint density at radius 1 is 1.41 bits per heavy atom. The van der Waals surface area contributed by atoms with Crippen molar-refractivity contribution < 1.29 is 0 Å². The molecular formula is C15H15N5OS. The fourth-order valence-corrected chi connectivity index (χ4v) is 3.27. The zero-order valence-corrected chi connectivity index (χ0v) is 13.2. The second-order valence-electron chi connectivity index (χ2n) is 5.19. The highest BCUT2D eigenvalue weighted by molar-refractivity contribution is 7.99. The molecule has 0 saturated heterocycles. The van der Waals surface area contributed by atoms with Gasteiger partial charge in [-0.05, 0) is 18.6 Å². The van der Waals surface area contributed by atoms with E-state index >= 15 is 0 Å². The van der Waals surface area contributed by atoms with Crippen LogP contribution in [0.15, 0.2) is 28.3 Å². The second-order valence-corrected chi connectivity index (χ2v) is 6.25. The molecule has 0 bridgehead atoms. The van der Waals surface area contributed by atoms with Crippen LogP contribution < -0.4 is 10.5 Å². The quantitative estimate of drug-likeness (QED) is 0.786. The largest absolute Gasteiger partial charge is 0.363 e. The van der Waals surface area contributed by atoms with Gasteiger partial charge in [-0.25, -0.2) is 9.97 Å². The Morgan fingerprint density at radius 3 is 2.86 bits per heavy atom. The first-order chi connectivity index (χ1) is 10.6. The summed E-state index contributed by atoms with van der Waals surface area (Å²) in [5.41, 5.74) is 0.941. The molecular weight excluding hydrogens is 298 g/mol. The summed E-state index contributed by atoms with van der Waals surface area (Å²) in [7, 11) is 3.81. The third-order valence-corrected chi connectivity index (χ3v) is 4.55. The van der Waals surface area contributed by atoms with E-state index in [9.17, 15) is 10.1 Å². The first kappa shape index (κ1) is 14.6. The van der Waals surface area contributed by atoms with E-state index in [-0.39, 0.29) is 11.1 Å². The minimum Gasteiger partial charge on any atom is -0.363 e. The van der Waals surface area contributed by atoms with Crippen LogP contribution in [0.4, 0.5) is 5.82 Å². The van der Waals surface area contributed by atoms with Gasteiger partial charge in [0, 0.05) is 38.2 Å². The summed E-state index contributed by atoms with van der Waals surface area (Å²) in [4.78, 5) is 23.2. The Hall–Kier alpha value is -2.33. The smallest absolute Gasteiger partial charge is 0.272 e. The molecule has 0 spiro atoms. The first-order valence-electron chi connectivity index (χ1n) is 6.93. The van der Waals surface area contributed by atoms with Crippen molar-refractivity contribution in [3.05, 3.63) is 34.2 Å². The van der Waals surface area contributed by atoms with Crippen LogP contribution in [-0.4, -0.2) is 34.4 Å². The molecule has 0 N–H and O–H groups in total. The molecule has 3 rings (SSSR count). The average molecular weight is 313 g/mol. The molecule has 6 nitrogen and oxygen atoms in total. The SMILES string of the molecule is CN(C)c1ccc(-c2nc3n(c(=O)c2C#N)CCCS3)cn1. The van der Waals surface area contributed by atoms with Gasteiger partial charge in [0.2, 0.25) is 0 Å². The average Bonchev–Trinajstić information content (AvgIpc) is 2.55. The van der Waals surface area contributed by atoms with E-state index in [1.807, 2.05) is 37.2 Å². The van der Waals surface area contributed by atoms with Crippen molar-refractivity contribution >= 4 is 17.6 Å². The molecule has 1 aliphatic rings. The highest BCUT2D eigenvalue weighted by Gasteiger charge is 2.20. The Morgan fingerprint density at radius 2 is 2.23 bits per heavy atom. The molecule has 0 amide bonds. The summed E-state index contributed by atoms with van der Waals surface area (Å²) in [5, 5.41) is 10.0.